The van der Waals surface area contributed by atoms with E-state index in [0.29, 0.717) is 11.5 Å². The van der Waals surface area contributed by atoms with Crippen molar-refractivity contribution in [3.63, 3.8) is 0 Å². The maximum absolute atomic E-state index is 12.7. The van der Waals surface area contributed by atoms with E-state index < -0.39 is 11.5 Å². The molecule has 0 aliphatic heterocycles. The predicted molar refractivity (Wildman–Crippen MR) is 96.1 cm³/mol. The summed E-state index contributed by atoms with van der Waals surface area (Å²) in [5.74, 6) is -1.01. The van der Waals surface area contributed by atoms with E-state index in [9.17, 15) is 14.7 Å². The minimum absolute atomic E-state index is 0.146. The smallest absolute Gasteiger partial charge is 0.333 e. The van der Waals surface area contributed by atoms with E-state index in [1.165, 1.54) is 5.56 Å². The van der Waals surface area contributed by atoms with Gasteiger partial charge in [0, 0.05) is 5.92 Å². The normalized spacial score (nSPS) is 22.1. The molecule has 4 heteroatoms. The van der Waals surface area contributed by atoms with E-state index in [4.69, 9.17) is 0 Å². The van der Waals surface area contributed by atoms with Gasteiger partial charge in [-0.05, 0) is 43.2 Å². The Balaban J connectivity index is 1.72. The number of rotatable bonds is 5. The lowest BCUT2D eigenvalue weighted by Gasteiger charge is -2.28. The van der Waals surface area contributed by atoms with Gasteiger partial charge in [0.1, 0.15) is 0 Å². The van der Waals surface area contributed by atoms with Crippen LogP contribution in [-0.4, -0.2) is 17.0 Å². The number of hydrogen-bond donors (Lipinski definition) is 2. The van der Waals surface area contributed by atoms with Gasteiger partial charge in [-0.25, -0.2) is 4.79 Å². The maximum atomic E-state index is 12.7. The van der Waals surface area contributed by atoms with Crippen molar-refractivity contribution < 1.29 is 14.7 Å². The van der Waals surface area contributed by atoms with Gasteiger partial charge in [0.2, 0.25) is 5.91 Å². The molecule has 2 aromatic rings. The van der Waals surface area contributed by atoms with Crippen LogP contribution in [-0.2, 0) is 15.1 Å². The van der Waals surface area contributed by atoms with Gasteiger partial charge < -0.3 is 10.4 Å². The van der Waals surface area contributed by atoms with E-state index in [2.05, 4.69) is 17.4 Å². The monoisotopic (exact) mass is 337 g/mol. The lowest BCUT2D eigenvalue weighted by atomic mass is 9.90. The molecule has 25 heavy (non-hydrogen) atoms. The second-order valence-corrected chi connectivity index (χ2v) is 6.90. The molecule has 1 aliphatic carbocycles. The lowest BCUT2D eigenvalue weighted by molar-refractivity contribution is -0.148. The van der Waals surface area contributed by atoms with Gasteiger partial charge in [0.15, 0.2) is 5.54 Å². The van der Waals surface area contributed by atoms with Gasteiger partial charge in [0.05, 0.1) is 0 Å². The summed E-state index contributed by atoms with van der Waals surface area (Å²) in [4.78, 5) is 24.6. The van der Waals surface area contributed by atoms with E-state index in [-0.39, 0.29) is 11.8 Å². The summed E-state index contributed by atoms with van der Waals surface area (Å²) >= 11 is 0. The van der Waals surface area contributed by atoms with Crippen LogP contribution in [0.5, 0.6) is 0 Å². The Bertz CT molecular complexity index is 744. The summed E-state index contributed by atoms with van der Waals surface area (Å²) in [6.45, 7) is 1.55. The Morgan fingerprint density at radius 3 is 2.20 bits per heavy atom. The third-order valence-electron chi connectivity index (χ3n) is 5.23. The van der Waals surface area contributed by atoms with Crippen molar-refractivity contribution in [2.24, 2.45) is 5.92 Å². The second kappa shape index (κ2) is 7.09. The first kappa shape index (κ1) is 17.2. The van der Waals surface area contributed by atoms with Gasteiger partial charge >= 0.3 is 5.97 Å². The van der Waals surface area contributed by atoms with E-state index >= 15 is 0 Å². The predicted octanol–water partition coefficient (Wildman–Crippen LogP) is 3.69. The van der Waals surface area contributed by atoms with E-state index in [1.807, 2.05) is 24.3 Å². The Hall–Kier alpha value is -2.62. The number of nitrogens with one attached hydrogen (secondary N) is 1. The van der Waals surface area contributed by atoms with E-state index in [1.54, 1.807) is 31.2 Å². The number of carboxylic acid groups (broad SMARTS) is 1. The third-order valence-corrected chi connectivity index (χ3v) is 5.23. The fourth-order valence-corrected chi connectivity index (χ4v) is 3.62. The van der Waals surface area contributed by atoms with Gasteiger partial charge in [-0.2, -0.15) is 0 Å². The first-order valence-electron chi connectivity index (χ1n) is 8.66. The van der Waals surface area contributed by atoms with Crippen LogP contribution >= 0.6 is 0 Å². The van der Waals surface area contributed by atoms with Gasteiger partial charge in [-0.3, -0.25) is 4.79 Å². The molecule has 0 bridgehead atoms. The number of benzene rings is 2. The molecule has 2 N–H and O–H groups in total. The van der Waals surface area contributed by atoms with Crippen LogP contribution in [0.25, 0.3) is 0 Å². The topological polar surface area (TPSA) is 66.4 Å². The zero-order valence-electron chi connectivity index (χ0n) is 14.3. The third kappa shape index (κ3) is 3.58. The molecule has 3 rings (SSSR count). The summed E-state index contributed by atoms with van der Waals surface area (Å²) in [5, 5.41) is 12.5. The Kier molecular flexibility index (Phi) is 4.88. The van der Waals surface area contributed by atoms with Gasteiger partial charge in [-0.15, -0.1) is 0 Å². The zero-order valence-corrected chi connectivity index (χ0v) is 14.3. The first-order chi connectivity index (χ1) is 12.0. The van der Waals surface area contributed by atoms with Crippen LogP contribution in [0.4, 0.5) is 0 Å². The van der Waals surface area contributed by atoms with Crippen LogP contribution < -0.4 is 5.32 Å². The van der Waals surface area contributed by atoms with Crippen molar-refractivity contribution in [3.8, 4) is 0 Å². The van der Waals surface area contributed by atoms with Crippen molar-refractivity contribution in [1.82, 2.24) is 5.32 Å². The van der Waals surface area contributed by atoms with Gasteiger partial charge in [-0.1, -0.05) is 60.7 Å². The molecule has 1 aliphatic rings. The molecule has 0 spiro atoms. The van der Waals surface area contributed by atoms with Crippen molar-refractivity contribution in [2.75, 3.05) is 0 Å². The SMILES string of the molecule is CC(NC(=O)[C@@H]1CC[C@@H](c2ccccc2)C1)(C(=O)O)c1ccccc1. The van der Waals surface area contributed by atoms with Crippen molar-refractivity contribution >= 4 is 11.9 Å². The van der Waals surface area contributed by atoms with Crippen LogP contribution in [0.15, 0.2) is 60.7 Å². The highest BCUT2D eigenvalue weighted by atomic mass is 16.4. The Morgan fingerprint density at radius 1 is 1.00 bits per heavy atom. The number of carboxylic acids is 1. The summed E-state index contributed by atoms with van der Waals surface area (Å²) in [5.41, 5.74) is 0.415. The number of aliphatic carboxylic acids is 1. The molecule has 2 aromatic carbocycles. The van der Waals surface area contributed by atoms with Crippen LogP contribution in [0.3, 0.4) is 0 Å². The van der Waals surface area contributed by atoms with Gasteiger partial charge in [0.25, 0.3) is 0 Å². The minimum atomic E-state index is -1.41. The number of hydrogen-bond acceptors (Lipinski definition) is 2. The molecule has 1 fully saturated rings. The standard InChI is InChI=1S/C21H23NO3/c1-21(20(24)25,18-10-6-3-7-11-18)22-19(23)17-13-12-16(14-17)15-8-4-2-5-9-15/h2-11,16-17H,12-14H2,1H3,(H,22,23)(H,24,25)/t16-,17-,21?/m1/s1. The molecule has 1 amide bonds. The maximum Gasteiger partial charge on any atom is 0.333 e. The number of carbonyl (C=O) groups excluding carboxylic acids is 1. The summed E-state index contributed by atoms with van der Waals surface area (Å²) in [6.07, 6.45) is 2.51. The van der Waals surface area contributed by atoms with Crippen LogP contribution in [0, 0.1) is 5.92 Å². The summed E-state index contributed by atoms with van der Waals surface area (Å²) < 4.78 is 0. The van der Waals surface area contributed by atoms with Crippen molar-refractivity contribution in [3.05, 3.63) is 71.8 Å². The molecule has 0 saturated heterocycles. The highest BCUT2D eigenvalue weighted by molar-refractivity contribution is 5.89. The molecule has 0 aromatic heterocycles. The summed E-state index contributed by atoms with van der Waals surface area (Å²) in [7, 11) is 0. The quantitative estimate of drug-likeness (QED) is 0.874. The van der Waals surface area contributed by atoms with Crippen molar-refractivity contribution in [1.29, 1.82) is 0 Å². The average Bonchev–Trinajstić information content (AvgIpc) is 3.13. The van der Waals surface area contributed by atoms with Crippen LogP contribution in [0.1, 0.15) is 43.2 Å². The first-order valence-corrected chi connectivity index (χ1v) is 8.66. The molecule has 1 unspecified atom stereocenters. The minimum Gasteiger partial charge on any atom is -0.479 e. The highest BCUT2D eigenvalue weighted by Crippen LogP contribution is 2.38. The largest absolute Gasteiger partial charge is 0.479 e. The fraction of sp³-hybridized carbons (Fsp3) is 0.333. The fourth-order valence-electron chi connectivity index (χ4n) is 3.62. The zero-order chi connectivity index (χ0) is 17.9. The second-order valence-electron chi connectivity index (χ2n) is 6.90. The molecule has 0 heterocycles. The highest BCUT2D eigenvalue weighted by Gasteiger charge is 2.40. The Labute approximate surface area is 147 Å². The molecule has 1 saturated carbocycles. The van der Waals surface area contributed by atoms with Crippen molar-refractivity contribution in [2.45, 2.75) is 37.6 Å². The number of carbonyl (C=O) groups is 2. The molecule has 130 valence electrons. The summed E-state index contributed by atoms with van der Waals surface area (Å²) in [6, 6.07) is 19.1. The molecular formula is C21H23NO3. The lowest BCUT2D eigenvalue weighted by Crippen LogP contribution is -2.51. The molecule has 0 radical (unpaired) electrons. The van der Waals surface area contributed by atoms with E-state index in [0.717, 1.165) is 19.3 Å². The Morgan fingerprint density at radius 2 is 1.60 bits per heavy atom. The average molecular weight is 337 g/mol. The molecule has 4 nitrogen and oxygen atoms in total. The molecular weight excluding hydrogens is 314 g/mol. The van der Waals surface area contributed by atoms with Crippen LogP contribution in [0.2, 0.25) is 0 Å². The molecule has 3 atom stereocenters. The number of amides is 1.